The summed E-state index contributed by atoms with van der Waals surface area (Å²) in [5.74, 6) is 3.22. The molecule has 1 fully saturated rings. The minimum absolute atomic E-state index is 0.133. The Morgan fingerprint density at radius 2 is 1.81 bits per heavy atom. The average molecular weight is 291 g/mol. The van der Waals surface area contributed by atoms with Crippen LogP contribution in [0.15, 0.2) is 24.3 Å². The number of benzene rings is 1. The molecule has 1 aliphatic rings. The Hall–Kier alpha value is -1.22. The minimum atomic E-state index is 0.133. The molecular weight excluding hydrogens is 262 g/mol. The first kappa shape index (κ1) is 16.2. The molecule has 0 bridgehead atoms. The zero-order chi connectivity index (χ0) is 15.2. The van der Waals surface area contributed by atoms with Crippen LogP contribution >= 0.6 is 0 Å². The van der Waals surface area contributed by atoms with E-state index in [0.29, 0.717) is 5.92 Å². The molecule has 1 aromatic rings. The molecule has 1 saturated carbocycles. The molecule has 1 aromatic carbocycles. The topological polar surface area (TPSA) is 44.5 Å². The highest BCUT2D eigenvalue weighted by Crippen LogP contribution is 2.32. The van der Waals surface area contributed by atoms with Gasteiger partial charge in [0.2, 0.25) is 0 Å². The number of nitrogens with two attached hydrogens (primary N) is 1. The highest BCUT2D eigenvalue weighted by Gasteiger charge is 2.31. The van der Waals surface area contributed by atoms with Crippen molar-refractivity contribution in [2.75, 3.05) is 6.61 Å². The zero-order valence-corrected chi connectivity index (χ0v) is 13.5. The van der Waals surface area contributed by atoms with Gasteiger partial charge < -0.3 is 15.2 Å². The summed E-state index contributed by atoms with van der Waals surface area (Å²) in [5, 5.41) is 0. The Labute approximate surface area is 128 Å². The van der Waals surface area contributed by atoms with Crippen molar-refractivity contribution in [3.63, 3.8) is 0 Å². The van der Waals surface area contributed by atoms with Gasteiger partial charge in [0, 0.05) is 6.04 Å². The number of hydrogen-bond acceptors (Lipinski definition) is 3. The van der Waals surface area contributed by atoms with Crippen LogP contribution in [-0.2, 0) is 0 Å². The van der Waals surface area contributed by atoms with Crippen LogP contribution in [0.25, 0.3) is 0 Å². The molecular formula is C18H29NO2. The van der Waals surface area contributed by atoms with E-state index in [2.05, 4.69) is 20.8 Å². The molecule has 0 radical (unpaired) electrons. The fourth-order valence-electron chi connectivity index (χ4n) is 2.93. The molecule has 0 heterocycles. The van der Waals surface area contributed by atoms with Crippen molar-refractivity contribution in [3.05, 3.63) is 24.3 Å². The van der Waals surface area contributed by atoms with Crippen LogP contribution in [-0.4, -0.2) is 18.8 Å². The van der Waals surface area contributed by atoms with E-state index in [0.717, 1.165) is 43.3 Å². The second-order valence-corrected chi connectivity index (χ2v) is 6.46. The molecule has 0 aliphatic heterocycles. The van der Waals surface area contributed by atoms with E-state index in [1.165, 1.54) is 6.42 Å². The van der Waals surface area contributed by atoms with Gasteiger partial charge in [-0.3, -0.25) is 0 Å². The van der Waals surface area contributed by atoms with Crippen LogP contribution in [0.3, 0.4) is 0 Å². The van der Waals surface area contributed by atoms with Crippen molar-refractivity contribution >= 4 is 0 Å². The third-order valence-corrected chi connectivity index (χ3v) is 4.41. The van der Waals surface area contributed by atoms with Crippen LogP contribution in [0.4, 0.5) is 0 Å². The summed E-state index contributed by atoms with van der Waals surface area (Å²) < 4.78 is 11.7. The van der Waals surface area contributed by atoms with Crippen molar-refractivity contribution in [1.29, 1.82) is 0 Å². The standard InChI is InChI=1S/C18H29NO2/c1-4-11-20-15-6-8-16(9-7-15)21-18-12-14(13(2)3)5-10-17(18)19/h6-9,13-14,17-18H,4-5,10-12,19H2,1-3H3. The van der Waals surface area contributed by atoms with E-state index in [1.807, 2.05) is 24.3 Å². The molecule has 3 atom stereocenters. The fourth-order valence-corrected chi connectivity index (χ4v) is 2.93. The van der Waals surface area contributed by atoms with Crippen LogP contribution in [0, 0.1) is 11.8 Å². The molecule has 21 heavy (non-hydrogen) atoms. The zero-order valence-electron chi connectivity index (χ0n) is 13.5. The molecule has 1 aliphatic carbocycles. The van der Waals surface area contributed by atoms with Gasteiger partial charge in [0.05, 0.1) is 6.61 Å². The molecule has 3 heteroatoms. The van der Waals surface area contributed by atoms with Gasteiger partial charge >= 0.3 is 0 Å². The van der Waals surface area contributed by atoms with Crippen LogP contribution in [0.5, 0.6) is 11.5 Å². The lowest BCUT2D eigenvalue weighted by Gasteiger charge is -2.36. The van der Waals surface area contributed by atoms with E-state index >= 15 is 0 Å². The maximum absolute atomic E-state index is 6.24. The minimum Gasteiger partial charge on any atom is -0.494 e. The maximum atomic E-state index is 6.24. The van der Waals surface area contributed by atoms with Gasteiger partial charge in [0.25, 0.3) is 0 Å². The van der Waals surface area contributed by atoms with E-state index in [4.69, 9.17) is 15.2 Å². The Morgan fingerprint density at radius 1 is 1.14 bits per heavy atom. The third kappa shape index (κ3) is 4.63. The summed E-state index contributed by atoms with van der Waals surface area (Å²) in [5.41, 5.74) is 6.24. The predicted molar refractivity (Wildman–Crippen MR) is 86.8 cm³/mol. The van der Waals surface area contributed by atoms with Gasteiger partial charge in [-0.15, -0.1) is 0 Å². The van der Waals surface area contributed by atoms with E-state index in [-0.39, 0.29) is 12.1 Å². The normalized spacial score (nSPS) is 25.9. The van der Waals surface area contributed by atoms with Crippen molar-refractivity contribution in [2.24, 2.45) is 17.6 Å². The van der Waals surface area contributed by atoms with Crippen molar-refractivity contribution in [1.82, 2.24) is 0 Å². The molecule has 3 nitrogen and oxygen atoms in total. The highest BCUT2D eigenvalue weighted by atomic mass is 16.5. The van der Waals surface area contributed by atoms with E-state index in [1.54, 1.807) is 0 Å². The molecule has 0 aromatic heterocycles. The third-order valence-electron chi connectivity index (χ3n) is 4.41. The van der Waals surface area contributed by atoms with Gasteiger partial charge in [0.1, 0.15) is 17.6 Å². The monoisotopic (exact) mass is 291 g/mol. The van der Waals surface area contributed by atoms with E-state index < -0.39 is 0 Å². The summed E-state index contributed by atoms with van der Waals surface area (Å²) in [6, 6.07) is 8.06. The Morgan fingerprint density at radius 3 is 2.43 bits per heavy atom. The second kappa shape index (κ2) is 7.69. The SMILES string of the molecule is CCCOc1ccc(OC2CC(C(C)C)CCC2N)cc1. The van der Waals surface area contributed by atoms with Crippen molar-refractivity contribution < 1.29 is 9.47 Å². The van der Waals surface area contributed by atoms with Gasteiger partial charge in [0.15, 0.2) is 0 Å². The molecule has 0 amide bonds. The van der Waals surface area contributed by atoms with Crippen molar-refractivity contribution in [3.8, 4) is 11.5 Å². The highest BCUT2D eigenvalue weighted by molar-refractivity contribution is 5.31. The Kier molecular flexibility index (Phi) is 5.92. The van der Waals surface area contributed by atoms with Gasteiger partial charge in [-0.2, -0.15) is 0 Å². The van der Waals surface area contributed by atoms with Crippen molar-refractivity contribution in [2.45, 2.75) is 58.6 Å². The van der Waals surface area contributed by atoms with Gasteiger partial charge in [-0.25, -0.2) is 0 Å². The van der Waals surface area contributed by atoms with Gasteiger partial charge in [-0.1, -0.05) is 20.8 Å². The van der Waals surface area contributed by atoms with Crippen LogP contribution in [0.1, 0.15) is 46.5 Å². The Bertz CT molecular complexity index is 416. The van der Waals surface area contributed by atoms with Crippen LogP contribution in [0.2, 0.25) is 0 Å². The van der Waals surface area contributed by atoms with Crippen LogP contribution < -0.4 is 15.2 Å². The molecule has 0 spiro atoms. The van der Waals surface area contributed by atoms with Gasteiger partial charge in [-0.05, 0) is 61.8 Å². The molecule has 118 valence electrons. The number of rotatable bonds is 6. The second-order valence-electron chi connectivity index (χ2n) is 6.46. The summed E-state index contributed by atoms with van der Waals surface area (Å²) >= 11 is 0. The number of ether oxygens (including phenoxy) is 2. The lowest BCUT2D eigenvalue weighted by molar-refractivity contribution is 0.0867. The summed E-state index contributed by atoms with van der Waals surface area (Å²) in [6.07, 6.45) is 4.50. The molecule has 0 saturated heterocycles. The average Bonchev–Trinajstić information content (AvgIpc) is 2.48. The predicted octanol–water partition coefficient (Wildman–Crippen LogP) is 4.01. The quantitative estimate of drug-likeness (QED) is 0.861. The fraction of sp³-hybridized carbons (Fsp3) is 0.667. The largest absolute Gasteiger partial charge is 0.494 e. The molecule has 3 unspecified atom stereocenters. The van der Waals surface area contributed by atoms with E-state index in [9.17, 15) is 0 Å². The number of hydrogen-bond donors (Lipinski definition) is 1. The smallest absolute Gasteiger partial charge is 0.120 e. The molecule has 2 rings (SSSR count). The summed E-state index contributed by atoms with van der Waals surface area (Å²) in [6.45, 7) is 7.44. The Balaban J connectivity index is 1.93. The molecule has 2 N–H and O–H groups in total. The summed E-state index contributed by atoms with van der Waals surface area (Å²) in [4.78, 5) is 0. The summed E-state index contributed by atoms with van der Waals surface area (Å²) in [7, 11) is 0. The first-order valence-corrected chi connectivity index (χ1v) is 8.25. The lowest BCUT2D eigenvalue weighted by Crippen LogP contribution is -2.44. The first-order valence-electron chi connectivity index (χ1n) is 8.25. The lowest BCUT2D eigenvalue weighted by atomic mass is 9.78. The maximum Gasteiger partial charge on any atom is 0.120 e. The first-order chi connectivity index (χ1) is 10.1.